The minimum atomic E-state index is -1.22. The van der Waals surface area contributed by atoms with Gasteiger partial charge in [0.25, 0.3) is 11.8 Å². The van der Waals surface area contributed by atoms with E-state index in [0.717, 1.165) is 30.6 Å². The van der Waals surface area contributed by atoms with Gasteiger partial charge in [-0.05, 0) is 36.1 Å². The highest BCUT2D eigenvalue weighted by Gasteiger charge is 2.54. The molecule has 4 heterocycles. The molecule has 3 aliphatic rings. The van der Waals surface area contributed by atoms with Gasteiger partial charge in [-0.25, -0.2) is 9.78 Å². The Kier molecular flexibility index (Phi) is 7.43. The van der Waals surface area contributed by atoms with E-state index in [2.05, 4.69) is 36.1 Å². The number of nitrogens with one attached hydrogen (secondary N) is 2. The smallest absolute Gasteiger partial charge is 0.352 e. The third kappa shape index (κ3) is 5.33. The van der Waals surface area contributed by atoms with Crippen LogP contribution < -0.4 is 11.1 Å². The van der Waals surface area contributed by atoms with Gasteiger partial charge >= 0.3 is 5.97 Å². The number of carbonyl (C=O) groups is 3. The molecule has 2 aromatic heterocycles. The predicted molar refractivity (Wildman–Crippen MR) is 136 cm³/mol. The number of rotatable bonds is 9. The lowest BCUT2D eigenvalue weighted by Gasteiger charge is -2.49. The average molecular weight is 564 g/mol. The second kappa shape index (κ2) is 10.9. The number of H-pyrrole nitrogens is 1. The molecule has 0 aromatic carbocycles. The van der Waals surface area contributed by atoms with E-state index in [4.69, 9.17) is 10.6 Å². The number of amides is 2. The van der Waals surface area contributed by atoms with Crippen LogP contribution in [0.1, 0.15) is 25.0 Å². The van der Waals surface area contributed by atoms with Crippen molar-refractivity contribution in [1.82, 2.24) is 35.8 Å². The Hall–Kier alpha value is -3.44. The first-order valence-electron chi connectivity index (χ1n) is 11.1. The van der Waals surface area contributed by atoms with Crippen molar-refractivity contribution < 1.29 is 24.3 Å². The predicted octanol–water partition coefficient (Wildman–Crippen LogP) is 0.599. The molecule has 1 saturated heterocycles. The normalized spacial score (nSPS) is 23.5. The third-order valence-electron chi connectivity index (χ3n) is 5.71. The molecule has 17 heteroatoms. The Balaban J connectivity index is 1.31. The van der Waals surface area contributed by atoms with Crippen molar-refractivity contribution in [3.63, 3.8) is 0 Å². The van der Waals surface area contributed by atoms with Crippen molar-refractivity contribution in [3.8, 4) is 0 Å². The summed E-state index contributed by atoms with van der Waals surface area (Å²) in [6, 6.07) is -0.936. The maximum absolute atomic E-state index is 13.2. The molecule has 5 N–H and O–H groups in total. The molecule has 3 unspecified atom stereocenters. The van der Waals surface area contributed by atoms with E-state index in [-0.39, 0.29) is 34.1 Å². The second-order valence-electron chi connectivity index (χ2n) is 8.12. The molecular weight excluding hydrogens is 542 g/mol. The van der Waals surface area contributed by atoms with Crippen LogP contribution in [0.2, 0.25) is 0 Å². The number of nitrogen functional groups attached to an aromatic ring is 1. The van der Waals surface area contributed by atoms with E-state index in [0.29, 0.717) is 16.5 Å². The summed E-state index contributed by atoms with van der Waals surface area (Å²) in [7, 11) is 0. The van der Waals surface area contributed by atoms with Crippen LogP contribution in [-0.2, 0) is 19.2 Å². The summed E-state index contributed by atoms with van der Waals surface area (Å²) >= 11 is 3.71. The van der Waals surface area contributed by atoms with Gasteiger partial charge in [0.15, 0.2) is 10.8 Å². The van der Waals surface area contributed by atoms with Crippen molar-refractivity contribution in [1.29, 1.82) is 0 Å². The van der Waals surface area contributed by atoms with Crippen molar-refractivity contribution in [2.24, 2.45) is 5.16 Å². The highest BCUT2D eigenvalue weighted by molar-refractivity contribution is 8.01. The molecule has 3 atom stereocenters. The number of aromatic nitrogens is 5. The van der Waals surface area contributed by atoms with Gasteiger partial charge in [-0.2, -0.15) is 5.21 Å². The molecule has 0 bridgehead atoms. The number of allylic oxidation sites excluding steroid dienone is 1. The number of tetrazole rings is 1. The summed E-state index contributed by atoms with van der Waals surface area (Å²) in [6.45, 7) is 0. The topological polar surface area (TPSA) is 202 Å². The van der Waals surface area contributed by atoms with E-state index in [9.17, 15) is 19.5 Å². The number of fused-ring (bicyclic) bond motifs is 1. The Morgan fingerprint density at radius 1 is 1.43 bits per heavy atom. The Bertz CT molecular complexity index is 1290. The Morgan fingerprint density at radius 2 is 2.30 bits per heavy atom. The largest absolute Gasteiger partial charge is 0.477 e. The number of anilines is 1. The van der Waals surface area contributed by atoms with Crippen molar-refractivity contribution in [3.05, 3.63) is 34.5 Å². The summed E-state index contributed by atoms with van der Waals surface area (Å²) in [5, 5.41) is 31.7. The maximum atomic E-state index is 13.2. The number of carboxylic acids is 1. The van der Waals surface area contributed by atoms with E-state index in [1.165, 1.54) is 28.4 Å². The van der Waals surface area contributed by atoms with Crippen LogP contribution >= 0.6 is 34.9 Å². The van der Waals surface area contributed by atoms with Crippen LogP contribution in [-0.4, -0.2) is 88.1 Å². The van der Waals surface area contributed by atoms with E-state index in [1.54, 1.807) is 5.38 Å². The lowest BCUT2D eigenvalue weighted by molar-refractivity contribution is -0.150. The highest BCUT2D eigenvalue weighted by Crippen LogP contribution is 2.41. The molecule has 1 fully saturated rings. The van der Waals surface area contributed by atoms with Gasteiger partial charge in [0.05, 0.1) is 0 Å². The molecule has 1 aliphatic carbocycles. The first-order chi connectivity index (χ1) is 17.9. The number of thiazole rings is 1. The number of hydrogen-bond acceptors (Lipinski definition) is 13. The van der Waals surface area contributed by atoms with Gasteiger partial charge < -0.3 is 21.0 Å². The average Bonchev–Trinajstić information content (AvgIpc) is 3.58. The number of oxime groups is 1. The zero-order valence-corrected chi connectivity index (χ0v) is 21.5. The monoisotopic (exact) mass is 563 g/mol. The number of thioether (sulfide) groups is 2. The number of β-lactam (4-membered cyclic amide) rings is 1. The molecule has 0 saturated carbocycles. The zero-order chi connectivity index (χ0) is 25.9. The van der Waals surface area contributed by atoms with E-state index < -0.39 is 29.2 Å². The molecule has 0 spiro atoms. The summed E-state index contributed by atoms with van der Waals surface area (Å²) in [6.07, 6.45) is 6.29. The molecule has 2 amide bonds. The molecule has 14 nitrogen and oxygen atoms in total. The Morgan fingerprint density at radius 3 is 2.97 bits per heavy atom. The zero-order valence-electron chi connectivity index (χ0n) is 19.1. The van der Waals surface area contributed by atoms with Crippen LogP contribution in [0, 0.1) is 0 Å². The van der Waals surface area contributed by atoms with Crippen molar-refractivity contribution >= 4 is 63.5 Å². The van der Waals surface area contributed by atoms with Crippen molar-refractivity contribution in [2.75, 3.05) is 17.2 Å². The molecule has 0 radical (unpaired) electrons. The molecule has 194 valence electrons. The summed E-state index contributed by atoms with van der Waals surface area (Å²) in [5.74, 6) is -1.78. The fourth-order valence-electron chi connectivity index (χ4n) is 3.96. The van der Waals surface area contributed by atoms with Gasteiger partial charge in [0.2, 0.25) is 5.16 Å². The second-order valence-corrected chi connectivity index (χ2v) is 11.1. The van der Waals surface area contributed by atoms with Gasteiger partial charge in [-0.15, -0.1) is 33.3 Å². The summed E-state index contributed by atoms with van der Waals surface area (Å²) < 4.78 is 0. The number of nitrogens with zero attached hydrogens (tertiary/aromatic N) is 6. The number of aliphatic carboxylic acids is 1. The molecule has 37 heavy (non-hydrogen) atoms. The summed E-state index contributed by atoms with van der Waals surface area (Å²) in [5.41, 5.74) is 6.32. The van der Waals surface area contributed by atoms with Crippen LogP contribution in [0.3, 0.4) is 0 Å². The van der Waals surface area contributed by atoms with Crippen LogP contribution in [0.4, 0.5) is 5.13 Å². The number of carbonyl (C=O) groups excluding carboxylic acids is 2. The molecular formula is C20H21N9O5S3. The van der Waals surface area contributed by atoms with Crippen LogP contribution in [0.15, 0.2) is 39.1 Å². The Labute approximate surface area is 222 Å². The molecule has 2 aromatic rings. The highest BCUT2D eigenvalue weighted by atomic mass is 32.2. The SMILES string of the molecule is Nc1nc(/C(=N\OC2C=CCCC2)C(=O)NC2C(=O)N3C(C(=O)O)=C(CSc4nn[nH]n4)CSC23)cs1. The fraction of sp³-hybridized carbons (Fsp3) is 0.400. The van der Waals surface area contributed by atoms with Crippen molar-refractivity contribution in [2.45, 2.75) is 41.9 Å². The molecule has 2 aliphatic heterocycles. The quantitative estimate of drug-likeness (QED) is 0.109. The first kappa shape index (κ1) is 25.2. The minimum Gasteiger partial charge on any atom is -0.477 e. The first-order valence-corrected chi connectivity index (χ1v) is 14.0. The number of carboxylic acid groups (broad SMARTS) is 1. The fourth-order valence-corrected chi connectivity index (χ4v) is 6.73. The number of aromatic amines is 1. The standard InChI is InChI=1S/C20H21N9O5S3/c21-19-22-11(8-36-19)12(26-34-10-4-2-1-3-5-10)15(30)23-13-16(31)29-14(18(32)33)9(6-35-17(13)29)7-37-20-24-27-28-25-20/h2,4,8,10,13,17H,1,3,5-7H2,(H2,21,22)(H,23,30)(H,32,33)(H,24,25,27,28)/b26-12+. The van der Waals surface area contributed by atoms with E-state index >= 15 is 0 Å². The summed E-state index contributed by atoms with van der Waals surface area (Å²) in [4.78, 5) is 49.2. The van der Waals surface area contributed by atoms with Gasteiger partial charge in [-0.1, -0.05) is 23.0 Å². The van der Waals surface area contributed by atoms with E-state index in [1.807, 2.05) is 12.2 Å². The minimum absolute atomic E-state index is 0.0937. The molecule has 5 rings (SSSR count). The lowest BCUT2D eigenvalue weighted by atomic mass is 10.0. The lowest BCUT2D eigenvalue weighted by Crippen LogP contribution is -2.71. The third-order valence-corrected chi connectivity index (χ3v) is 8.64. The van der Waals surface area contributed by atoms with Crippen LogP contribution in [0.5, 0.6) is 0 Å². The van der Waals surface area contributed by atoms with Crippen LogP contribution in [0.25, 0.3) is 0 Å². The maximum Gasteiger partial charge on any atom is 0.352 e. The number of nitrogens with two attached hydrogens (primary N) is 1. The number of hydrogen-bond donors (Lipinski definition) is 4. The van der Waals surface area contributed by atoms with Gasteiger partial charge in [0.1, 0.15) is 28.9 Å². The van der Waals surface area contributed by atoms with Gasteiger partial charge in [-0.3, -0.25) is 14.5 Å². The van der Waals surface area contributed by atoms with Gasteiger partial charge in [0, 0.05) is 16.9 Å².